The van der Waals surface area contributed by atoms with Crippen LogP contribution in [-0.4, -0.2) is 26.0 Å². The maximum Gasteiger partial charge on any atom is 0.186 e. The van der Waals surface area contributed by atoms with Gasteiger partial charge in [-0.05, 0) is 46.8 Å². The minimum Gasteiger partial charge on any atom is -0.321 e. The maximum atomic E-state index is 13.3. The first-order valence-electron chi connectivity index (χ1n) is 9.96. The average molecular weight is 396 g/mol. The second-order valence-corrected chi connectivity index (χ2v) is 10.9. The van der Waals surface area contributed by atoms with Gasteiger partial charge < -0.3 is 5.73 Å². The van der Waals surface area contributed by atoms with E-state index in [0.717, 1.165) is 16.7 Å². The molecule has 0 aliphatic rings. The molecular weight excluding hydrogens is 358 g/mol. The second-order valence-electron chi connectivity index (χ2n) is 8.95. The summed E-state index contributed by atoms with van der Waals surface area (Å²) >= 11 is 0. The van der Waals surface area contributed by atoms with E-state index in [2.05, 4.69) is 13.8 Å². The van der Waals surface area contributed by atoms with E-state index in [4.69, 9.17) is 5.73 Å². The number of carbonyl (C=O) groups is 1. The summed E-state index contributed by atoms with van der Waals surface area (Å²) in [6.45, 7) is 16.1. The summed E-state index contributed by atoms with van der Waals surface area (Å²) in [5.41, 5.74) is 8.68. The van der Waals surface area contributed by atoms with Crippen LogP contribution in [0.2, 0.25) is 0 Å². The third-order valence-electron chi connectivity index (χ3n) is 4.86. The van der Waals surface area contributed by atoms with Crippen molar-refractivity contribution in [3.8, 4) is 0 Å². The van der Waals surface area contributed by atoms with Gasteiger partial charge in [0.25, 0.3) is 0 Å². The fourth-order valence-corrected chi connectivity index (χ4v) is 5.29. The molecule has 1 rings (SSSR count). The third-order valence-corrected chi connectivity index (χ3v) is 6.62. The number of nitrogens with two attached hydrogens (primary N) is 1. The Balaban J connectivity index is 3.51. The van der Waals surface area contributed by atoms with Gasteiger partial charge in [0.2, 0.25) is 0 Å². The molecule has 0 aliphatic heterocycles. The maximum absolute atomic E-state index is 13.3. The van der Waals surface area contributed by atoms with E-state index < -0.39 is 27.4 Å². The fourth-order valence-electron chi connectivity index (χ4n) is 3.25. The molecule has 0 fully saturated rings. The summed E-state index contributed by atoms with van der Waals surface area (Å²) in [6.07, 6.45) is 0.495. The van der Waals surface area contributed by atoms with E-state index in [1.807, 2.05) is 53.7 Å². The predicted molar refractivity (Wildman–Crippen MR) is 113 cm³/mol. The highest BCUT2D eigenvalue weighted by Crippen LogP contribution is 2.35. The van der Waals surface area contributed by atoms with Crippen molar-refractivity contribution in [2.75, 3.05) is 5.75 Å². The Labute approximate surface area is 165 Å². The Morgan fingerprint density at radius 3 is 1.67 bits per heavy atom. The Bertz CT molecular complexity index is 733. The van der Waals surface area contributed by atoms with Crippen molar-refractivity contribution < 1.29 is 13.2 Å². The molecule has 1 aromatic carbocycles. The molecule has 27 heavy (non-hydrogen) atoms. The number of hydrogen-bond acceptors (Lipinski definition) is 4. The normalized spacial score (nSPS) is 13.8. The van der Waals surface area contributed by atoms with Gasteiger partial charge in [0.1, 0.15) is 5.75 Å². The SMILES string of the molecule is CC(C)C[C@H](N)C(=O)CS(=O)(=O)c1c(C(C)C)cc(C(C)C)cc1C(C)C. The Kier molecular flexibility index (Phi) is 8.24. The molecule has 0 amide bonds. The van der Waals surface area contributed by atoms with Crippen molar-refractivity contribution in [1.29, 1.82) is 0 Å². The lowest BCUT2D eigenvalue weighted by molar-refractivity contribution is -0.118. The van der Waals surface area contributed by atoms with Crippen molar-refractivity contribution in [2.24, 2.45) is 11.7 Å². The van der Waals surface area contributed by atoms with Crippen LogP contribution in [0.5, 0.6) is 0 Å². The van der Waals surface area contributed by atoms with Crippen molar-refractivity contribution in [3.63, 3.8) is 0 Å². The van der Waals surface area contributed by atoms with Crippen molar-refractivity contribution in [3.05, 3.63) is 28.8 Å². The Morgan fingerprint density at radius 1 is 0.889 bits per heavy atom. The lowest BCUT2D eigenvalue weighted by Crippen LogP contribution is -2.36. The van der Waals surface area contributed by atoms with E-state index in [1.54, 1.807) is 0 Å². The molecule has 0 unspecified atom stereocenters. The summed E-state index contributed by atoms with van der Waals surface area (Å²) in [4.78, 5) is 12.8. The molecular formula is C22H37NO3S. The van der Waals surface area contributed by atoms with Crippen LogP contribution in [0.15, 0.2) is 17.0 Å². The minimum atomic E-state index is -3.76. The summed E-state index contributed by atoms with van der Waals surface area (Å²) in [5.74, 6) is -0.286. The molecule has 0 saturated carbocycles. The average Bonchev–Trinajstić information content (AvgIpc) is 2.52. The van der Waals surface area contributed by atoms with E-state index in [0.29, 0.717) is 17.2 Å². The van der Waals surface area contributed by atoms with Crippen LogP contribution < -0.4 is 5.73 Å². The van der Waals surface area contributed by atoms with Gasteiger partial charge >= 0.3 is 0 Å². The first-order valence-corrected chi connectivity index (χ1v) is 11.6. The highest BCUT2D eigenvalue weighted by atomic mass is 32.2. The van der Waals surface area contributed by atoms with Gasteiger partial charge in [-0.15, -0.1) is 0 Å². The van der Waals surface area contributed by atoms with E-state index >= 15 is 0 Å². The third kappa shape index (κ3) is 6.15. The van der Waals surface area contributed by atoms with Gasteiger partial charge in [-0.25, -0.2) is 8.42 Å². The molecule has 0 bridgehead atoms. The van der Waals surface area contributed by atoms with E-state index in [1.165, 1.54) is 0 Å². The first kappa shape index (κ1) is 23.8. The van der Waals surface area contributed by atoms with Crippen LogP contribution >= 0.6 is 0 Å². The molecule has 0 saturated heterocycles. The fraction of sp³-hybridized carbons (Fsp3) is 0.682. The van der Waals surface area contributed by atoms with Gasteiger partial charge in [-0.3, -0.25) is 4.79 Å². The lowest BCUT2D eigenvalue weighted by Gasteiger charge is -2.23. The second kappa shape index (κ2) is 9.33. The number of carbonyl (C=O) groups excluding carboxylic acids is 1. The van der Waals surface area contributed by atoms with E-state index in [9.17, 15) is 13.2 Å². The number of hydrogen-bond donors (Lipinski definition) is 1. The zero-order valence-corrected chi connectivity index (χ0v) is 19.0. The van der Waals surface area contributed by atoms with Gasteiger partial charge in [0, 0.05) is 0 Å². The molecule has 154 valence electrons. The number of sulfone groups is 1. The molecule has 5 heteroatoms. The Morgan fingerprint density at radius 2 is 1.33 bits per heavy atom. The molecule has 4 nitrogen and oxygen atoms in total. The minimum absolute atomic E-state index is 0.0467. The molecule has 0 radical (unpaired) electrons. The number of rotatable bonds is 9. The molecule has 0 heterocycles. The highest BCUT2D eigenvalue weighted by molar-refractivity contribution is 7.92. The summed E-state index contributed by atoms with van der Waals surface area (Å²) in [6, 6.07) is 3.25. The Hall–Kier alpha value is -1.20. The number of ketones is 1. The molecule has 0 aromatic heterocycles. The van der Waals surface area contributed by atoms with Crippen LogP contribution in [0, 0.1) is 5.92 Å². The first-order chi connectivity index (χ1) is 12.3. The van der Waals surface area contributed by atoms with Gasteiger partial charge in [-0.1, -0.05) is 67.5 Å². The number of benzene rings is 1. The molecule has 0 spiro atoms. The standard InChI is InChI=1S/C22H37NO3S/c1-13(2)9-20(23)21(24)12-27(25,26)22-18(15(5)6)10-17(14(3)4)11-19(22)16(7)8/h10-11,13-16,20H,9,12,23H2,1-8H3/t20-/m0/s1. The number of Topliss-reactive ketones (excluding diaryl/α,β-unsaturated/α-hetero) is 1. The molecule has 2 N–H and O–H groups in total. The van der Waals surface area contributed by atoms with Gasteiger partial charge in [0.05, 0.1) is 10.9 Å². The van der Waals surface area contributed by atoms with E-state index in [-0.39, 0.29) is 17.8 Å². The molecule has 1 atom stereocenters. The lowest BCUT2D eigenvalue weighted by atomic mass is 9.89. The van der Waals surface area contributed by atoms with Crippen molar-refractivity contribution >= 4 is 15.6 Å². The quantitative estimate of drug-likeness (QED) is 0.653. The highest BCUT2D eigenvalue weighted by Gasteiger charge is 2.30. The topological polar surface area (TPSA) is 77.2 Å². The molecule has 1 aromatic rings. The van der Waals surface area contributed by atoms with Crippen LogP contribution in [0.3, 0.4) is 0 Å². The zero-order chi connectivity index (χ0) is 21.1. The summed E-state index contributed by atoms with van der Waals surface area (Å²) in [7, 11) is -3.76. The van der Waals surface area contributed by atoms with Crippen molar-refractivity contribution in [2.45, 2.75) is 90.5 Å². The molecule has 0 aliphatic carbocycles. The van der Waals surface area contributed by atoms with Gasteiger partial charge in [0.15, 0.2) is 15.6 Å². The van der Waals surface area contributed by atoms with Crippen LogP contribution in [0.4, 0.5) is 0 Å². The summed E-state index contributed by atoms with van der Waals surface area (Å²) in [5, 5.41) is 0. The zero-order valence-electron chi connectivity index (χ0n) is 18.2. The van der Waals surface area contributed by atoms with Gasteiger partial charge in [-0.2, -0.15) is 0 Å². The van der Waals surface area contributed by atoms with Crippen LogP contribution in [0.1, 0.15) is 96.3 Å². The monoisotopic (exact) mass is 395 g/mol. The van der Waals surface area contributed by atoms with Crippen molar-refractivity contribution in [1.82, 2.24) is 0 Å². The summed E-state index contributed by atoms with van der Waals surface area (Å²) < 4.78 is 26.6. The van der Waals surface area contributed by atoms with Crippen LogP contribution in [0.25, 0.3) is 0 Å². The van der Waals surface area contributed by atoms with Crippen LogP contribution in [-0.2, 0) is 14.6 Å². The smallest absolute Gasteiger partial charge is 0.186 e. The largest absolute Gasteiger partial charge is 0.321 e. The predicted octanol–water partition coefficient (Wildman–Crippen LogP) is 4.77.